The summed E-state index contributed by atoms with van der Waals surface area (Å²) in [6.45, 7) is 7.35. The lowest BCUT2D eigenvalue weighted by Crippen LogP contribution is -2.36. The Kier molecular flexibility index (Phi) is 5.95. The van der Waals surface area contributed by atoms with Crippen LogP contribution in [0.25, 0.3) is 10.9 Å². The van der Waals surface area contributed by atoms with Crippen molar-refractivity contribution < 1.29 is 14.6 Å². The van der Waals surface area contributed by atoms with Crippen molar-refractivity contribution in [2.24, 2.45) is 5.92 Å². The molecule has 2 heterocycles. The largest absolute Gasteiger partial charge is 0.506 e. The third kappa shape index (κ3) is 4.27. The number of amides is 1. The van der Waals surface area contributed by atoms with Gasteiger partial charge < -0.3 is 24.6 Å². The summed E-state index contributed by atoms with van der Waals surface area (Å²) in [4.78, 5) is 28.5. The first kappa shape index (κ1) is 20.9. The molecule has 0 unspecified atom stereocenters. The van der Waals surface area contributed by atoms with E-state index in [1.54, 1.807) is 28.8 Å². The minimum atomic E-state index is -0.620. The van der Waals surface area contributed by atoms with Gasteiger partial charge in [-0.15, -0.1) is 0 Å². The highest BCUT2D eigenvalue weighted by Crippen LogP contribution is 2.28. The first-order valence-corrected chi connectivity index (χ1v) is 10.5. The molecule has 7 nitrogen and oxygen atoms in total. The van der Waals surface area contributed by atoms with Crippen LogP contribution in [0.2, 0.25) is 0 Å². The summed E-state index contributed by atoms with van der Waals surface area (Å²) < 4.78 is 6.97. The Hall–Kier alpha value is -3.32. The van der Waals surface area contributed by atoms with Crippen molar-refractivity contribution in [3.63, 3.8) is 0 Å². The van der Waals surface area contributed by atoms with Gasteiger partial charge >= 0.3 is 0 Å². The fraction of sp³-hybridized carbons (Fsp3) is 0.333. The number of ether oxygens (including phenoxy) is 1. The van der Waals surface area contributed by atoms with Gasteiger partial charge in [-0.05, 0) is 36.2 Å². The van der Waals surface area contributed by atoms with E-state index in [0.29, 0.717) is 36.3 Å². The standard InChI is InChI=1S/C24H27N3O4/c1-16(2)15-27-20-9-4-3-8-19(20)22(28)21(24(27)30)23(29)25-17-6-5-7-18(14-17)26-10-12-31-13-11-26/h3-9,14,16,28H,10-13,15H2,1-2H3,(H,25,29). The number of carbonyl (C=O) groups is 1. The van der Waals surface area contributed by atoms with Crippen molar-refractivity contribution in [1.29, 1.82) is 0 Å². The first-order valence-electron chi connectivity index (χ1n) is 10.5. The number of hydrogen-bond acceptors (Lipinski definition) is 5. The second-order valence-electron chi connectivity index (χ2n) is 8.15. The number of pyridine rings is 1. The maximum absolute atomic E-state index is 13.2. The van der Waals surface area contributed by atoms with Crippen molar-refractivity contribution in [2.75, 3.05) is 36.5 Å². The molecule has 3 aromatic rings. The van der Waals surface area contributed by atoms with Gasteiger partial charge in [0, 0.05) is 36.4 Å². The number of para-hydroxylation sites is 1. The van der Waals surface area contributed by atoms with Crippen molar-refractivity contribution in [2.45, 2.75) is 20.4 Å². The molecule has 31 heavy (non-hydrogen) atoms. The third-order valence-electron chi connectivity index (χ3n) is 5.40. The number of fused-ring (bicyclic) bond motifs is 1. The van der Waals surface area contributed by atoms with E-state index in [2.05, 4.69) is 10.2 Å². The van der Waals surface area contributed by atoms with Crippen molar-refractivity contribution in [3.8, 4) is 5.75 Å². The number of aromatic nitrogens is 1. The number of aromatic hydroxyl groups is 1. The van der Waals surface area contributed by atoms with E-state index in [1.807, 2.05) is 38.1 Å². The lowest BCUT2D eigenvalue weighted by Gasteiger charge is -2.29. The fourth-order valence-corrected chi connectivity index (χ4v) is 3.94. The van der Waals surface area contributed by atoms with Crippen LogP contribution in [-0.2, 0) is 11.3 Å². The molecule has 162 valence electrons. The Balaban J connectivity index is 1.70. The molecule has 1 fully saturated rings. The summed E-state index contributed by atoms with van der Waals surface area (Å²) >= 11 is 0. The number of rotatable bonds is 5. The molecule has 0 atom stereocenters. The van der Waals surface area contributed by atoms with Crippen LogP contribution in [0.15, 0.2) is 53.3 Å². The number of hydrogen-bond donors (Lipinski definition) is 2. The highest BCUT2D eigenvalue weighted by atomic mass is 16.5. The zero-order valence-corrected chi connectivity index (χ0v) is 17.8. The summed E-state index contributed by atoms with van der Waals surface area (Å²) in [5.74, 6) is -0.709. The molecule has 2 N–H and O–H groups in total. The molecule has 1 amide bonds. The molecule has 7 heteroatoms. The molecule has 0 saturated carbocycles. The van der Waals surface area contributed by atoms with E-state index >= 15 is 0 Å². The van der Waals surface area contributed by atoms with Gasteiger partial charge in [0.05, 0.1) is 18.7 Å². The maximum Gasteiger partial charge on any atom is 0.267 e. The third-order valence-corrected chi connectivity index (χ3v) is 5.40. The van der Waals surface area contributed by atoms with E-state index in [1.165, 1.54) is 0 Å². The summed E-state index contributed by atoms with van der Waals surface area (Å²) in [5.41, 5.74) is 1.42. The van der Waals surface area contributed by atoms with Crippen LogP contribution in [0.4, 0.5) is 11.4 Å². The molecule has 4 rings (SSSR count). The van der Waals surface area contributed by atoms with Gasteiger partial charge in [-0.1, -0.05) is 32.0 Å². The molecule has 1 aliphatic rings. The summed E-state index contributed by atoms with van der Waals surface area (Å²) in [7, 11) is 0. The number of carbonyl (C=O) groups excluding carboxylic acids is 1. The van der Waals surface area contributed by atoms with E-state index in [0.717, 1.165) is 18.8 Å². The van der Waals surface area contributed by atoms with Crippen molar-refractivity contribution >= 4 is 28.2 Å². The second kappa shape index (κ2) is 8.81. The van der Waals surface area contributed by atoms with Gasteiger partial charge in [-0.25, -0.2) is 0 Å². The fourth-order valence-electron chi connectivity index (χ4n) is 3.94. The molecular weight excluding hydrogens is 394 g/mol. The zero-order valence-electron chi connectivity index (χ0n) is 17.8. The van der Waals surface area contributed by atoms with Crippen LogP contribution in [0, 0.1) is 5.92 Å². The molecule has 1 aliphatic heterocycles. The van der Waals surface area contributed by atoms with Gasteiger partial charge in [0.25, 0.3) is 11.5 Å². The van der Waals surface area contributed by atoms with Gasteiger partial charge in [0.2, 0.25) is 0 Å². The van der Waals surface area contributed by atoms with E-state index in [4.69, 9.17) is 4.74 Å². The molecule has 1 saturated heterocycles. The smallest absolute Gasteiger partial charge is 0.267 e. The lowest BCUT2D eigenvalue weighted by molar-refractivity contribution is 0.102. The van der Waals surface area contributed by atoms with E-state index in [9.17, 15) is 14.7 Å². The Morgan fingerprint density at radius 3 is 2.61 bits per heavy atom. The predicted molar refractivity (Wildman–Crippen MR) is 122 cm³/mol. The quantitative estimate of drug-likeness (QED) is 0.659. The van der Waals surface area contributed by atoms with Gasteiger partial charge in [0.15, 0.2) is 0 Å². The second-order valence-corrected chi connectivity index (χ2v) is 8.15. The summed E-state index contributed by atoms with van der Waals surface area (Å²) in [6, 6.07) is 14.6. The number of anilines is 2. The van der Waals surface area contributed by atoms with E-state index in [-0.39, 0.29) is 17.2 Å². The highest BCUT2D eigenvalue weighted by Gasteiger charge is 2.23. The molecule has 1 aromatic heterocycles. The lowest BCUT2D eigenvalue weighted by atomic mass is 10.1. The van der Waals surface area contributed by atoms with E-state index < -0.39 is 11.5 Å². The first-order chi connectivity index (χ1) is 15.0. The maximum atomic E-state index is 13.2. The van der Waals surface area contributed by atoms with Gasteiger partial charge in [-0.2, -0.15) is 0 Å². The molecule has 0 bridgehead atoms. The minimum Gasteiger partial charge on any atom is -0.506 e. The van der Waals surface area contributed by atoms with Crippen LogP contribution in [0.3, 0.4) is 0 Å². The molecule has 0 radical (unpaired) electrons. The number of benzene rings is 2. The average molecular weight is 421 g/mol. The van der Waals surface area contributed by atoms with Crippen LogP contribution >= 0.6 is 0 Å². The molecule has 0 aliphatic carbocycles. The zero-order chi connectivity index (χ0) is 22.0. The average Bonchev–Trinajstić information content (AvgIpc) is 2.77. The van der Waals surface area contributed by atoms with Gasteiger partial charge in [-0.3, -0.25) is 9.59 Å². The predicted octanol–water partition coefficient (Wildman–Crippen LogP) is 3.45. The van der Waals surface area contributed by atoms with Crippen LogP contribution in [0.1, 0.15) is 24.2 Å². The minimum absolute atomic E-state index is 0.201. The van der Waals surface area contributed by atoms with Crippen molar-refractivity contribution in [3.05, 3.63) is 64.4 Å². The normalized spacial score (nSPS) is 14.2. The van der Waals surface area contributed by atoms with Crippen molar-refractivity contribution in [1.82, 2.24) is 4.57 Å². The topological polar surface area (TPSA) is 83.8 Å². The Morgan fingerprint density at radius 2 is 1.87 bits per heavy atom. The molecular formula is C24H27N3O4. The molecule has 2 aromatic carbocycles. The Labute approximate surface area is 180 Å². The van der Waals surface area contributed by atoms with Gasteiger partial charge in [0.1, 0.15) is 11.3 Å². The highest BCUT2D eigenvalue weighted by molar-refractivity contribution is 6.09. The molecule has 0 spiro atoms. The summed E-state index contributed by atoms with van der Waals surface area (Å²) in [6.07, 6.45) is 0. The number of nitrogens with one attached hydrogen (secondary N) is 1. The Bertz CT molecular complexity index is 1160. The van der Waals surface area contributed by atoms with Crippen LogP contribution in [-0.4, -0.2) is 41.9 Å². The monoisotopic (exact) mass is 421 g/mol. The number of nitrogens with zero attached hydrogens (tertiary/aromatic N) is 2. The van der Waals surface area contributed by atoms with Crippen LogP contribution in [0.5, 0.6) is 5.75 Å². The Morgan fingerprint density at radius 1 is 1.13 bits per heavy atom. The number of morpholine rings is 1. The van der Waals surface area contributed by atoms with Crippen LogP contribution < -0.4 is 15.8 Å². The SMILES string of the molecule is CC(C)Cn1c(=O)c(C(=O)Nc2cccc(N3CCOCC3)c2)c(O)c2ccccc21. The summed E-state index contributed by atoms with van der Waals surface area (Å²) in [5, 5.41) is 14.1.